The Morgan fingerprint density at radius 1 is 1.47 bits per heavy atom. The third kappa shape index (κ3) is 1.82. The lowest BCUT2D eigenvalue weighted by molar-refractivity contribution is -0.166. The van der Waals surface area contributed by atoms with Gasteiger partial charge in [0, 0.05) is 12.0 Å². The summed E-state index contributed by atoms with van der Waals surface area (Å²) >= 11 is 0. The van der Waals surface area contributed by atoms with E-state index < -0.39 is 11.6 Å². The number of carbonyl (C=O) groups is 1. The van der Waals surface area contributed by atoms with Crippen LogP contribution >= 0.6 is 0 Å². The molecule has 5 heteroatoms. The van der Waals surface area contributed by atoms with Crippen molar-refractivity contribution in [2.75, 3.05) is 20.8 Å². The highest BCUT2D eigenvalue weighted by atomic mass is 16.5. The molecule has 0 spiro atoms. The van der Waals surface area contributed by atoms with Crippen LogP contribution in [0.15, 0.2) is 18.2 Å². The number of aliphatic hydroxyl groups is 1. The van der Waals surface area contributed by atoms with Crippen LogP contribution in [-0.2, 0) is 15.1 Å². The summed E-state index contributed by atoms with van der Waals surface area (Å²) < 4.78 is 15.1. The summed E-state index contributed by atoms with van der Waals surface area (Å²) in [6.45, 7) is 0.269. The molecular weight excluding hydrogens is 224 g/mol. The molecule has 1 aliphatic heterocycles. The Hall–Kier alpha value is -1.75. The van der Waals surface area contributed by atoms with Crippen LogP contribution in [0.3, 0.4) is 0 Å². The second kappa shape index (κ2) is 4.25. The molecule has 0 aromatic heterocycles. The molecule has 5 nitrogen and oxygen atoms in total. The van der Waals surface area contributed by atoms with Crippen molar-refractivity contribution in [3.63, 3.8) is 0 Å². The van der Waals surface area contributed by atoms with Crippen LogP contribution in [0.5, 0.6) is 11.5 Å². The van der Waals surface area contributed by atoms with Gasteiger partial charge in [-0.2, -0.15) is 0 Å². The van der Waals surface area contributed by atoms with Crippen LogP contribution in [0.25, 0.3) is 0 Å². The van der Waals surface area contributed by atoms with Crippen LogP contribution in [0.4, 0.5) is 0 Å². The molecule has 0 saturated heterocycles. The largest absolute Gasteiger partial charge is 0.497 e. The van der Waals surface area contributed by atoms with Crippen LogP contribution in [0.1, 0.15) is 12.0 Å². The molecule has 0 radical (unpaired) electrons. The normalized spacial score (nSPS) is 22.3. The molecular formula is C12H14O5. The maximum atomic E-state index is 11.7. The van der Waals surface area contributed by atoms with Gasteiger partial charge in [0.15, 0.2) is 5.60 Å². The van der Waals surface area contributed by atoms with Crippen molar-refractivity contribution in [1.82, 2.24) is 0 Å². The Kier molecular flexibility index (Phi) is 2.93. The first-order valence-corrected chi connectivity index (χ1v) is 5.24. The lowest BCUT2D eigenvalue weighted by Crippen LogP contribution is -2.41. The number of hydrogen-bond donors (Lipinski definition) is 1. The minimum atomic E-state index is -1.66. The van der Waals surface area contributed by atoms with Gasteiger partial charge in [0.05, 0.1) is 20.8 Å². The first-order valence-electron chi connectivity index (χ1n) is 5.24. The Morgan fingerprint density at radius 3 is 2.88 bits per heavy atom. The maximum Gasteiger partial charge on any atom is 0.342 e. The molecule has 92 valence electrons. The number of fused-ring (bicyclic) bond motifs is 1. The van der Waals surface area contributed by atoms with Gasteiger partial charge in [-0.25, -0.2) is 4.79 Å². The van der Waals surface area contributed by atoms with Crippen molar-refractivity contribution in [3.8, 4) is 11.5 Å². The Labute approximate surface area is 98.9 Å². The van der Waals surface area contributed by atoms with Gasteiger partial charge in [-0.3, -0.25) is 0 Å². The fraction of sp³-hybridized carbons (Fsp3) is 0.417. The van der Waals surface area contributed by atoms with E-state index in [0.29, 0.717) is 17.1 Å². The summed E-state index contributed by atoms with van der Waals surface area (Å²) in [5.74, 6) is 0.344. The molecule has 1 aromatic carbocycles. The van der Waals surface area contributed by atoms with E-state index in [9.17, 15) is 9.90 Å². The average Bonchev–Trinajstić information content (AvgIpc) is 2.37. The minimum absolute atomic E-state index is 0.167. The van der Waals surface area contributed by atoms with E-state index in [1.165, 1.54) is 14.2 Å². The summed E-state index contributed by atoms with van der Waals surface area (Å²) in [4.78, 5) is 11.7. The van der Waals surface area contributed by atoms with E-state index in [1.54, 1.807) is 18.2 Å². The summed E-state index contributed by atoms with van der Waals surface area (Å²) in [5.41, 5.74) is -1.27. The monoisotopic (exact) mass is 238 g/mol. The Balaban J connectivity index is 2.52. The average molecular weight is 238 g/mol. The summed E-state index contributed by atoms with van der Waals surface area (Å²) in [6.07, 6.45) is 0.167. The van der Waals surface area contributed by atoms with Crippen molar-refractivity contribution in [1.29, 1.82) is 0 Å². The molecule has 0 amide bonds. The molecule has 0 aliphatic carbocycles. The number of ether oxygens (including phenoxy) is 3. The summed E-state index contributed by atoms with van der Waals surface area (Å²) in [7, 11) is 2.76. The first kappa shape index (κ1) is 11.7. The van der Waals surface area contributed by atoms with Crippen LogP contribution in [-0.4, -0.2) is 31.9 Å². The summed E-state index contributed by atoms with van der Waals surface area (Å²) in [5, 5.41) is 10.4. The highest BCUT2D eigenvalue weighted by Crippen LogP contribution is 2.39. The Bertz CT molecular complexity index is 443. The van der Waals surface area contributed by atoms with Crippen molar-refractivity contribution in [3.05, 3.63) is 23.8 Å². The highest BCUT2D eigenvalue weighted by molar-refractivity contribution is 5.82. The van der Waals surface area contributed by atoms with Crippen molar-refractivity contribution >= 4 is 5.97 Å². The van der Waals surface area contributed by atoms with Gasteiger partial charge in [-0.05, 0) is 18.2 Å². The van der Waals surface area contributed by atoms with Gasteiger partial charge in [-0.15, -0.1) is 0 Å². The van der Waals surface area contributed by atoms with Gasteiger partial charge in [-0.1, -0.05) is 0 Å². The number of rotatable bonds is 2. The summed E-state index contributed by atoms with van der Waals surface area (Å²) in [6, 6.07) is 4.97. The zero-order chi connectivity index (χ0) is 12.5. The van der Waals surface area contributed by atoms with Crippen LogP contribution in [0, 0.1) is 0 Å². The number of carbonyl (C=O) groups excluding carboxylic acids is 1. The Morgan fingerprint density at radius 2 is 2.24 bits per heavy atom. The van der Waals surface area contributed by atoms with E-state index in [2.05, 4.69) is 4.74 Å². The first-order chi connectivity index (χ1) is 8.11. The van der Waals surface area contributed by atoms with Crippen molar-refractivity contribution in [2.45, 2.75) is 12.0 Å². The standard InChI is InChI=1S/C12H14O5/c1-15-8-3-4-10-9(7-8)12(14,5-6-17-10)11(13)16-2/h3-4,7,14H,5-6H2,1-2H3. The molecule has 1 unspecified atom stereocenters. The highest BCUT2D eigenvalue weighted by Gasteiger charge is 2.44. The predicted molar refractivity (Wildman–Crippen MR) is 59.0 cm³/mol. The van der Waals surface area contributed by atoms with Crippen LogP contribution in [0.2, 0.25) is 0 Å². The molecule has 1 atom stereocenters. The van der Waals surface area contributed by atoms with E-state index in [-0.39, 0.29) is 13.0 Å². The number of methoxy groups -OCH3 is 2. The van der Waals surface area contributed by atoms with Gasteiger partial charge >= 0.3 is 5.97 Å². The van der Waals surface area contributed by atoms with Gasteiger partial charge in [0.25, 0.3) is 0 Å². The number of benzene rings is 1. The predicted octanol–water partition coefficient (Wildman–Crippen LogP) is 0.838. The molecule has 1 heterocycles. The smallest absolute Gasteiger partial charge is 0.342 e. The topological polar surface area (TPSA) is 65.0 Å². The quantitative estimate of drug-likeness (QED) is 0.773. The zero-order valence-electron chi connectivity index (χ0n) is 9.73. The SMILES string of the molecule is COC(=O)C1(O)CCOc2ccc(OC)cc21. The van der Waals surface area contributed by atoms with Crippen molar-refractivity contribution < 1.29 is 24.1 Å². The number of esters is 1. The molecule has 2 rings (SSSR count). The van der Waals surface area contributed by atoms with E-state index >= 15 is 0 Å². The fourth-order valence-corrected chi connectivity index (χ4v) is 1.91. The third-order valence-electron chi connectivity index (χ3n) is 2.88. The van der Waals surface area contributed by atoms with E-state index in [4.69, 9.17) is 9.47 Å². The van der Waals surface area contributed by atoms with Gasteiger partial charge in [0.1, 0.15) is 11.5 Å². The second-order valence-corrected chi connectivity index (χ2v) is 3.81. The van der Waals surface area contributed by atoms with Gasteiger partial charge < -0.3 is 19.3 Å². The molecule has 1 aliphatic rings. The van der Waals surface area contributed by atoms with Crippen LogP contribution < -0.4 is 9.47 Å². The minimum Gasteiger partial charge on any atom is -0.497 e. The lowest BCUT2D eigenvalue weighted by Gasteiger charge is -2.31. The lowest BCUT2D eigenvalue weighted by atomic mass is 9.88. The second-order valence-electron chi connectivity index (χ2n) is 3.81. The van der Waals surface area contributed by atoms with Gasteiger partial charge in [0.2, 0.25) is 0 Å². The molecule has 17 heavy (non-hydrogen) atoms. The molecule has 0 bridgehead atoms. The third-order valence-corrected chi connectivity index (χ3v) is 2.88. The number of hydrogen-bond acceptors (Lipinski definition) is 5. The molecule has 1 aromatic rings. The molecule has 0 saturated carbocycles. The zero-order valence-corrected chi connectivity index (χ0v) is 9.73. The van der Waals surface area contributed by atoms with E-state index in [1.807, 2.05) is 0 Å². The van der Waals surface area contributed by atoms with E-state index in [0.717, 1.165) is 0 Å². The fourth-order valence-electron chi connectivity index (χ4n) is 1.91. The molecule has 1 N–H and O–H groups in total. The maximum absolute atomic E-state index is 11.7. The van der Waals surface area contributed by atoms with Crippen molar-refractivity contribution in [2.24, 2.45) is 0 Å². The molecule has 0 fully saturated rings.